The molecule has 1 aliphatic heterocycles. The minimum Gasteiger partial charge on any atom is -0.481 e. The molecule has 0 bridgehead atoms. The van der Waals surface area contributed by atoms with Crippen molar-refractivity contribution in [2.75, 3.05) is 19.7 Å². The predicted octanol–water partition coefficient (Wildman–Crippen LogP) is 1.84. The maximum atomic E-state index is 12.1. The first-order valence-electron chi connectivity index (χ1n) is 7.93. The van der Waals surface area contributed by atoms with Crippen molar-refractivity contribution in [3.8, 4) is 0 Å². The maximum Gasteiger partial charge on any atom is 0.317 e. The summed E-state index contributed by atoms with van der Waals surface area (Å²) in [5.74, 6) is -0.0230. The normalized spacial score (nSPS) is 21.1. The van der Waals surface area contributed by atoms with Crippen LogP contribution in [0.2, 0.25) is 0 Å². The molecule has 1 heterocycles. The number of likely N-dealkylation sites (tertiary alicyclic amines) is 1. The summed E-state index contributed by atoms with van der Waals surface area (Å²) in [5, 5.41) is 11.6. The lowest BCUT2D eigenvalue weighted by Crippen LogP contribution is -2.48. The lowest BCUT2D eigenvalue weighted by Gasteiger charge is -2.32. The zero-order chi connectivity index (χ0) is 15.2. The van der Waals surface area contributed by atoms with Gasteiger partial charge in [-0.15, -0.1) is 0 Å². The molecule has 0 aromatic heterocycles. The Hall–Kier alpha value is -1.30. The van der Waals surface area contributed by atoms with Crippen LogP contribution in [0.15, 0.2) is 0 Å². The van der Waals surface area contributed by atoms with E-state index in [1.165, 1.54) is 12.8 Å². The number of hydrogen-bond donors (Lipinski definition) is 2. The van der Waals surface area contributed by atoms with Crippen molar-refractivity contribution in [2.24, 2.45) is 5.92 Å². The van der Waals surface area contributed by atoms with Gasteiger partial charge in [0.25, 0.3) is 0 Å². The first kappa shape index (κ1) is 16.1. The molecule has 2 N–H and O–H groups in total. The molecule has 120 valence electrons. The molecule has 2 aliphatic rings. The van der Waals surface area contributed by atoms with E-state index in [1.807, 2.05) is 4.90 Å². The van der Waals surface area contributed by atoms with Gasteiger partial charge >= 0.3 is 12.0 Å². The second kappa shape index (κ2) is 7.64. The number of rotatable bonds is 7. The van der Waals surface area contributed by atoms with Crippen LogP contribution in [0.3, 0.4) is 0 Å². The number of nitrogens with zero attached hydrogens (tertiary/aromatic N) is 1. The van der Waals surface area contributed by atoms with E-state index in [0.717, 1.165) is 25.2 Å². The molecule has 0 radical (unpaired) electrons. The zero-order valence-electron chi connectivity index (χ0n) is 12.7. The molecule has 0 aromatic carbocycles. The summed E-state index contributed by atoms with van der Waals surface area (Å²) in [6.07, 6.45) is 5.38. The smallest absolute Gasteiger partial charge is 0.317 e. The zero-order valence-corrected chi connectivity index (χ0v) is 12.7. The number of amides is 2. The van der Waals surface area contributed by atoms with Crippen molar-refractivity contribution in [3.05, 3.63) is 0 Å². The van der Waals surface area contributed by atoms with Gasteiger partial charge in [-0.05, 0) is 32.1 Å². The molecule has 1 unspecified atom stereocenters. The predicted molar refractivity (Wildman–Crippen MR) is 78.1 cm³/mol. The van der Waals surface area contributed by atoms with Crippen molar-refractivity contribution in [3.63, 3.8) is 0 Å². The van der Waals surface area contributed by atoms with Crippen molar-refractivity contribution >= 4 is 12.0 Å². The molecule has 1 saturated heterocycles. The summed E-state index contributed by atoms with van der Waals surface area (Å²) in [5.41, 5.74) is 0. The van der Waals surface area contributed by atoms with E-state index in [1.54, 1.807) is 0 Å². The van der Waals surface area contributed by atoms with Crippen molar-refractivity contribution < 1.29 is 19.4 Å². The quantitative estimate of drug-likeness (QED) is 0.751. The third kappa shape index (κ3) is 5.91. The van der Waals surface area contributed by atoms with Gasteiger partial charge in [0.2, 0.25) is 0 Å². The summed E-state index contributed by atoms with van der Waals surface area (Å²) < 4.78 is 5.52. The van der Waals surface area contributed by atoms with E-state index < -0.39 is 5.97 Å². The van der Waals surface area contributed by atoms with Crippen LogP contribution in [0.5, 0.6) is 0 Å². The average Bonchev–Trinajstić information content (AvgIpc) is 3.22. The topological polar surface area (TPSA) is 78.9 Å². The molecular weight excluding hydrogens is 272 g/mol. The van der Waals surface area contributed by atoms with Crippen LogP contribution in [0, 0.1) is 5.92 Å². The molecule has 2 fully saturated rings. The van der Waals surface area contributed by atoms with E-state index in [4.69, 9.17) is 9.84 Å². The van der Waals surface area contributed by atoms with Crippen LogP contribution in [-0.2, 0) is 9.53 Å². The van der Waals surface area contributed by atoms with Crippen molar-refractivity contribution in [2.45, 2.75) is 57.6 Å². The van der Waals surface area contributed by atoms with Gasteiger partial charge in [-0.1, -0.05) is 12.8 Å². The highest BCUT2D eigenvalue weighted by molar-refractivity contribution is 5.74. The van der Waals surface area contributed by atoms with Crippen molar-refractivity contribution in [1.29, 1.82) is 0 Å². The highest BCUT2D eigenvalue weighted by Gasteiger charge is 2.27. The SMILES string of the molecule is CC(CC1CC1)NC(=O)N1CCC(OCCC(=O)O)CC1. The molecule has 0 spiro atoms. The van der Waals surface area contributed by atoms with E-state index in [0.29, 0.717) is 13.1 Å². The summed E-state index contributed by atoms with van der Waals surface area (Å²) in [6.45, 7) is 3.68. The van der Waals surface area contributed by atoms with E-state index >= 15 is 0 Å². The molecule has 1 atom stereocenters. The molecule has 1 aliphatic carbocycles. The fraction of sp³-hybridized carbons (Fsp3) is 0.867. The monoisotopic (exact) mass is 298 g/mol. The Balaban J connectivity index is 1.60. The van der Waals surface area contributed by atoms with Crippen LogP contribution in [0.4, 0.5) is 4.79 Å². The fourth-order valence-corrected chi connectivity index (χ4v) is 2.75. The Bertz CT molecular complexity index is 363. The molecule has 21 heavy (non-hydrogen) atoms. The number of hydrogen-bond acceptors (Lipinski definition) is 3. The Kier molecular flexibility index (Phi) is 5.85. The Morgan fingerprint density at radius 1 is 1.29 bits per heavy atom. The number of carboxylic acid groups (broad SMARTS) is 1. The number of carbonyl (C=O) groups excluding carboxylic acids is 1. The van der Waals surface area contributed by atoms with E-state index in [9.17, 15) is 9.59 Å². The number of nitrogens with one attached hydrogen (secondary N) is 1. The number of carboxylic acids is 1. The molecule has 6 nitrogen and oxygen atoms in total. The van der Waals surface area contributed by atoms with Gasteiger partial charge in [0.05, 0.1) is 19.1 Å². The minimum absolute atomic E-state index is 0.0205. The number of aliphatic carboxylic acids is 1. The highest BCUT2D eigenvalue weighted by Crippen LogP contribution is 2.33. The fourth-order valence-electron chi connectivity index (χ4n) is 2.75. The van der Waals surface area contributed by atoms with Crippen LogP contribution in [0.1, 0.15) is 45.4 Å². The summed E-state index contributed by atoms with van der Waals surface area (Å²) in [7, 11) is 0. The maximum absolute atomic E-state index is 12.1. The van der Waals surface area contributed by atoms with Gasteiger partial charge in [0.1, 0.15) is 0 Å². The second-order valence-corrected chi connectivity index (χ2v) is 6.23. The third-order valence-corrected chi connectivity index (χ3v) is 4.15. The number of ether oxygens (including phenoxy) is 1. The van der Waals surface area contributed by atoms with Crippen LogP contribution < -0.4 is 5.32 Å². The summed E-state index contributed by atoms with van der Waals surface area (Å²) in [4.78, 5) is 24.4. The second-order valence-electron chi connectivity index (χ2n) is 6.23. The molecule has 2 rings (SSSR count). The molecule has 6 heteroatoms. The molecular formula is C15H26N2O4. The molecule has 2 amide bonds. The van der Waals surface area contributed by atoms with Gasteiger partial charge in [-0.3, -0.25) is 4.79 Å². The Morgan fingerprint density at radius 2 is 1.95 bits per heavy atom. The Morgan fingerprint density at radius 3 is 2.52 bits per heavy atom. The van der Waals surface area contributed by atoms with E-state index in [-0.39, 0.29) is 31.2 Å². The lowest BCUT2D eigenvalue weighted by atomic mass is 10.1. The van der Waals surface area contributed by atoms with Gasteiger partial charge < -0.3 is 20.1 Å². The number of carbonyl (C=O) groups is 2. The minimum atomic E-state index is -0.837. The van der Waals surface area contributed by atoms with Gasteiger partial charge in [0, 0.05) is 19.1 Å². The average molecular weight is 298 g/mol. The largest absolute Gasteiger partial charge is 0.481 e. The van der Waals surface area contributed by atoms with Crippen molar-refractivity contribution in [1.82, 2.24) is 10.2 Å². The highest BCUT2D eigenvalue weighted by atomic mass is 16.5. The first-order chi connectivity index (χ1) is 10.0. The van der Waals surface area contributed by atoms with Gasteiger partial charge in [0.15, 0.2) is 0 Å². The van der Waals surface area contributed by atoms with E-state index in [2.05, 4.69) is 12.2 Å². The first-order valence-corrected chi connectivity index (χ1v) is 7.93. The van der Waals surface area contributed by atoms with Crippen LogP contribution in [-0.4, -0.2) is 53.8 Å². The Labute approximate surface area is 125 Å². The molecule has 0 aromatic rings. The number of piperidine rings is 1. The summed E-state index contributed by atoms with van der Waals surface area (Å²) in [6, 6.07) is 0.265. The van der Waals surface area contributed by atoms with Crippen LogP contribution >= 0.6 is 0 Å². The van der Waals surface area contributed by atoms with Gasteiger partial charge in [-0.2, -0.15) is 0 Å². The van der Waals surface area contributed by atoms with Gasteiger partial charge in [-0.25, -0.2) is 4.79 Å². The standard InChI is InChI=1S/C15H26N2O4/c1-11(10-12-2-3-12)16-15(20)17-7-4-13(5-8-17)21-9-6-14(18)19/h11-13H,2-10H2,1H3,(H,16,20)(H,18,19). The molecule has 1 saturated carbocycles. The summed E-state index contributed by atoms with van der Waals surface area (Å²) >= 11 is 0. The number of urea groups is 1. The lowest BCUT2D eigenvalue weighted by molar-refractivity contribution is -0.138. The van der Waals surface area contributed by atoms with Crippen LogP contribution in [0.25, 0.3) is 0 Å². The third-order valence-electron chi connectivity index (χ3n) is 4.15.